The summed E-state index contributed by atoms with van der Waals surface area (Å²) >= 11 is 5.92. The second-order valence-corrected chi connectivity index (χ2v) is 5.28. The number of benzene rings is 2. The molecule has 3 aromatic rings. The molecule has 2 N–H and O–H groups in total. The van der Waals surface area contributed by atoms with Gasteiger partial charge in [0.25, 0.3) is 0 Å². The summed E-state index contributed by atoms with van der Waals surface area (Å²) in [5, 5.41) is 8.85. The molecule has 0 radical (unpaired) electrons. The van der Waals surface area contributed by atoms with Gasteiger partial charge in [0.1, 0.15) is 11.5 Å². The summed E-state index contributed by atoms with van der Waals surface area (Å²) in [5.41, 5.74) is 8.63. The highest BCUT2D eigenvalue weighted by Gasteiger charge is 2.15. The fourth-order valence-electron chi connectivity index (χ4n) is 2.31. The van der Waals surface area contributed by atoms with E-state index in [0.717, 1.165) is 11.3 Å². The van der Waals surface area contributed by atoms with Gasteiger partial charge in [-0.1, -0.05) is 47.1 Å². The van der Waals surface area contributed by atoms with Gasteiger partial charge in [0.2, 0.25) is 0 Å². The molecule has 0 aliphatic rings. The molecule has 22 heavy (non-hydrogen) atoms. The Labute approximate surface area is 132 Å². The van der Waals surface area contributed by atoms with Crippen molar-refractivity contribution in [3.63, 3.8) is 0 Å². The smallest absolute Gasteiger partial charge is 0.128 e. The van der Waals surface area contributed by atoms with Gasteiger partial charge in [-0.25, -0.2) is 9.07 Å². The van der Waals surface area contributed by atoms with E-state index >= 15 is 0 Å². The van der Waals surface area contributed by atoms with Gasteiger partial charge in [0.15, 0.2) is 0 Å². The number of aromatic nitrogens is 3. The van der Waals surface area contributed by atoms with Crippen molar-refractivity contribution in [1.82, 2.24) is 15.0 Å². The average molecular weight is 317 g/mol. The molecule has 0 unspecified atom stereocenters. The summed E-state index contributed by atoms with van der Waals surface area (Å²) in [6.07, 6.45) is 0. The standard InChI is InChI=1S/C16H14ClFN4/c17-13-7-5-11(6-8-13)16-15(9-19)20-21-22(16)10-12-3-1-2-4-14(12)18/h1-8H,9-10,19H2. The van der Waals surface area contributed by atoms with Crippen LogP contribution in [0.5, 0.6) is 0 Å². The summed E-state index contributed by atoms with van der Waals surface area (Å²) in [5.74, 6) is -0.269. The van der Waals surface area contributed by atoms with Gasteiger partial charge in [-0.3, -0.25) is 0 Å². The summed E-state index contributed by atoms with van der Waals surface area (Å²) in [7, 11) is 0. The average Bonchev–Trinajstić information content (AvgIpc) is 2.93. The molecular weight excluding hydrogens is 303 g/mol. The Hall–Kier alpha value is -2.24. The Balaban J connectivity index is 2.04. The first-order valence-electron chi connectivity index (χ1n) is 6.81. The minimum Gasteiger partial charge on any atom is -0.325 e. The first-order valence-corrected chi connectivity index (χ1v) is 7.18. The summed E-state index contributed by atoms with van der Waals surface area (Å²) in [6.45, 7) is 0.548. The monoisotopic (exact) mass is 316 g/mol. The highest BCUT2D eigenvalue weighted by molar-refractivity contribution is 6.30. The van der Waals surface area contributed by atoms with Crippen molar-refractivity contribution in [3.05, 3.63) is 70.6 Å². The molecule has 1 heterocycles. The van der Waals surface area contributed by atoms with Gasteiger partial charge >= 0.3 is 0 Å². The Morgan fingerprint density at radius 2 is 1.82 bits per heavy atom. The third-order valence-corrected chi connectivity index (χ3v) is 3.65. The highest BCUT2D eigenvalue weighted by Crippen LogP contribution is 2.25. The second-order valence-electron chi connectivity index (χ2n) is 4.84. The van der Waals surface area contributed by atoms with E-state index in [9.17, 15) is 4.39 Å². The normalized spacial score (nSPS) is 10.9. The maximum absolute atomic E-state index is 13.8. The lowest BCUT2D eigenvalue weighted by atomic mass is 10.1. The van der Waals surface area contributed by atoms with Crippen molar-refractivity contribution in [3.8, 4) is 11.3 Å². The van der Waals surface area contributed by atoms with E-state index in [2.05, 4.69) is 10.3 Å². The van der Waals surface area contributed by atoms with Crippen LogP contribution >= 0.6 is 11.6 Å². The highest BCUT2D eigenvalue weighted by atomic mass is 35.5. The van der Waals surface area contributed by atoms with Crippen LogP contribution < -0.4 is 5.73 Å². The van der Waals surface area contributed by atoms with Crippen LogP contribution in [0.1, 0.15) is 11.3 Å². The van der Waals surface area contributed by atoms with E-state index in [1.54, 1.807) is 35.0 Å². The third kappa shape index (κ3) is 2.86. The van der Waals surface area contributed by atoms with E-state index in [0.29, 0.717) is 16.3 Å². The van der Waals surface area contributed by atoms with Gasteiger partial charge < -0.3 is 5.73 Å². The van der Waals surface area contributed by atoms with Crippen LogP contribution in [0.3, 0.4) is 0 Å². The van der Waals surface area contributed by atoms with Crippen molar-refractivity contribution in [1.29, 1.82) is 0 Å². The number of halogens is 2. The first-order chi connectivity index (χ1) is 10.7. The van der Waals surface area contributed by atoms with Gasteiger partial charge in [-0.05, 0) is 18.2 Å². The van der Waals surface area contributed by atoms with Crippen LogP contribution in [0.4, 0.5) is 4.39 Å². The van der Waals surface area contributed by atoms with Crippen LogP contribution in [0, 0.1) is 5.82 Å². The number of hydrogen-bond acceptors (Lipinski definition) is 3. The molecule has 0 fully saturated rings. The zero-order valence-electron chi connectivity index (χ0n) is 11.7. The molecule has 0 spiro atoms. The summed E-state index contributed by atoms with van der Waals surface area (Å²) in [6, 6.07) is 13.9. The van der Waals surface area contributed by atoms with Crippen molar-refractivity contribution >= 4 is 11.6 Å². The van der Waals surface area contributed by atoms with Crippen LogP contribution in [0.25, 0.3) is 11.3 Å². The molecule has 0 bridgehead atoms. The Bertz CT molecular complexity index is 783. The molecule has 0 saturated carbocycles. The Morgan fingerprint density at radius 1 is 1.09 bits per heavy atom. The van der Waals surface area contributed by atoms with Gasteiger partial charge in [-0.2, -0.15) is 0 Å². The van der Waals surface area contributed by atoms with Crippen molar-refractivity contribution in [2.45, 2.75) is 13.1 Å². The Morgan fingerprint density at radius 3 is 2.50 bits per heavy atom. The van der Waals surface area contributed by atoms with E-state index < -0.39 is 0 Å². The maximum atomic E-state index is 13.8. The molecule has 0 saturated heterocycles. The fourth-order valence-corrected chi connectivity index (χ4v) is 2.43. The maximum Gasteiger partial charge on any atom is 0.128 e. The third-order valence-electron chi connectivity index (χ3n) is 3.39. The van der Waals surface area contributed by atoms with Gasteiger partial charge in [-0.15, -0.1) is 5.10 Å². The van der Waals surface area contributed by atoms with E-state index in [-0.39, 0.29) is 18.9 Å². The summed E-state index contributed by atoms with van der Waals surface area (Å²) in [4.78, 5) is 0. The van der Waals surface area contributed by atoms with Crippen molar-refractivity contribution in [2.75, 3.05) is 0 Å². The lowest BCUT2D eigenvalue weighted by Gasteiger charge is -2.09. The molecular formula is C16H14ClFN4. The Kier molecular flexibility index (Phi) is 4.18. The molecule has 2 aromatic carbocycles. The zero-order valence-corrected chi connectivity index (χ0v) is 12.5. The van der Waals surface area contributed by atoms with E-state index in [1.807, 2.05) is 12.1 Å². The molecule has 6 heteroatoms. The molecule has 1 aromatic heterocycles. The quantitative estimate of drug-likeness (QED) is 0.804. The SMILES string of the molecule is NCc1nnn(Cc2ccccc2F)c1-c1ccc(Cl)cc1. The van der Waals surface area contributed by atoms with Crippen LogP contribution in [0.15, 0.2) is 48.5 Å². The van der Waals surface area contributed by atoms with Crippen molar-refractivity contribution in [2.24, 2.45) is 5.73 Å². The minimum atomic E-state index is -0.269. The van der Waals surface area contributed by atoms with E-state index in [1.165, 1.54) is 6.07 Å². The molecule has 0 amide bonds. The second kappa shape index (κ2) is 6.25. The molecule has 4 nitrogen and oxygen atoms in total. The number of nitrogens with two attached hydrogens (primary N) is 1. The molecule has 3 rings (SSSR count). The number of rotatable bonds is 4. The largest absolute Gasteiger partial charge is 0.325 e. The number of nitrogens with zero attached hydrogens (tertiary/aromatic N) is 3. The fraction of sp³-hybridized carbons (Fsp3) is 0.125. The molecule has 0 atom stereocenters. The first kappa shape index (κ1) is 14.7. The summed E-state index contributed by atoms with van der Waals surface area (Å²) < 4.78 is 15.5. The van der Waals surface area contributed by atoms with Crippen LogP contribution in [-0.2, 0) is 13.1 Å². The van der Waals surface area contributed by atoms with Crippen molar-refractivity contribution < 1.29 is 4.39 Å². The van der Waals surface area contributed by atoms with E-state index in [4.69, 9.17) is 17.3 Å². The molecule has 112 valence electrons. The lowest BCUT2D eigenvalue weighted by molar-refractivity contribution is 0.579. The number of hydrogen-bond donors (Lipinski definition) is 1. The topological polar surface area (TPSA) is 56.7 Å². The van der Waals surface area contributed by atoms with Crippen LogP contribution in [-0.4, -0.2) is 15.0 Å². The zero-order chi connectivity index (χ0) is 15.5. The molecule has 0 aliphatic carbocycles. The molecule has 0 aliphatic heterocycles. The van der Waals surface area contributed by atoms with Crippen LogP contribution in [0.2, 0.25) is 5.02 Å². The van der Waals surface area contributed by atoms with Gasteiger partial charge in [0.05, 0.1) is 12.2 Å². The predicted molar refractivity (Wildman–Crippen MR) is 83.9 cm³/mol. The minimum absolute atomic E-state index is 0.259. The van der Waals surface area contributed by atoms with Gasteiger partial charge in [0, 0.05) is 22.7 Å². The lowest BCUT2D eigenvalue weighted by Crippen LogP contribution is -2.07. The predicted octanol–water partition coefficient (Wildman–Crippen LogP) is 3.24.